The topological polar surface area (TPSA) is 32.8 Å². The molecule has 0 saturated heterocycles. The van der Waals surface area contributed by atoms with Crippen LogP contribution in [0.4, 0.5) is 34.1 Å². The van der Waals surface area contributed by atoms with Gasteiger partial charge in [-0.1, -0.05) is 392 Å². The van der Waals surface area contributed by atoms with Crippen LogP contribution in [0.25, 0.3) is 177 Å². The zero-order valence-electron chi connectivity index (χ0n) is 71.6. The number of fused-ring (bicyclic) bond motifs is 13. The van der Waals surface area contributed by atoms with Crippen molar-refractivity contribution in [3.8, 4) is 122 Å². The molecule has 128 heavy (non-hydrogen) atoms. The molecular weight excluding hydrogens is 1550 g/mol. The molecule has 0 unspecified atom stereocenters. The standard InChI is InChI=1S/C66H49NO.C58H39NO/c1-65(2)59-38-47(42-14-7-5-8-15-42)28-34-53(59)55-36-32-50(40-61(55)65)67(51-33-37-56-54-35-29-48(43-16-9-6-10-17-43)39-60(54)66(3,4)62(56)41-51)49-30-26-45(27-31-49)44-22-24-46(25-23-44)52-19-13-20-58-57-18-11-12-21-63(57)68-64(52)58;1-2-10-40(11-3-1)41-20-22-42(23-21-41)44-28-34-49(35-29-44)59(51-38-32-47(33-39-51)53-16-8-13-46-12-4-5-14-52(46)53)50-36-30-45(31-37-50)43-24-26-48(27-25-43)54-17-9-18-56-55-15-6-7-19-57(55)60-58(54)56/h5-41H,1-4H3;1-39H. The lowest BCUT2D eigenvalue weighted by molar-refractivity contribution is 0.660. The van der Waals surface area contributed by atoms with E-state index in [1.54, 1.807) is 0 Å². The van der Waals surface area contributed by atoms with Crippen LogP contribution in [0.15, 0.2) is 470 Å². The van der Waals surface area contributed by atoms with Gasteiger partial charge in [-0.15, -0.1) is 0 Å². The lowest BCUT2D eigenvalue weighted by atomic mass is 9.81. The lowest BCUT2D eigenvalue weighted by Crippen LogP contribution is -2.18. The van der Waals surface area contributed by atoms with Gasteiger partial charge in [0.2, 0.25) is 0 Å². The molecule has 4 heteroatoms. The lowest BCUT2D eigenvalue weighted by Gasteiger charge is -2.30. The Kier molecular flexibility index (Phi) is 18.9. The second-order valence-electron chi connectivity index (χ2n) is 35.0. The molecule has 0 bridgehead atoms. The van der Waals surface area contributed by atoms with E-state index < -0.39 is 0 Å². The van der Waals surface area contributed by atoms with Crippen LogP contribution in [0.5, 0.6) is 0 Å². The Morgan fingerprint density at radius 3 is 0.797 bits per heavy atom. The van der Waals surface area contributed by atoms with Gasteiger partial charge in [0.25, 0.3) is 0 Å². The van der Waals surface area contributed by atoms with Crippen molar-refractivity contribution in [1.29, 1.82) is 0 Å². The molecule has 2 heterocycles. The van der Waals surface area contributed by atoms with Crippen LogP contribution in [-0.4, -0.2) is 0 Å². The van der Waals surface area contributed by atoms with Crippen LogP contribution < -0.4 is 9.80 Å². The maximum Gasteiger partial charge on any atom is 0.143 e. The second kappa shape index (κ2) is 31.6. The van der Waals surface area contributed by atoms with E-state index in [2.05, 4.69) is 474 Å². The molecule has 0 N–H and O–H groups in total. The van der Waals surface area contributed by atoms with Gasteiger partial charge in [-0.3, -0.25) is 0 Å². The molecule has 0 saturated carbocycles. The number of furan rings is 2. The number of para-hydroxylation sites is 4. The van der Waals surface area contributed by atoms with Gasteiger partial charge in [0.05, 0.1) is 0 Å². The third kappa shape index (κ3) is 13.6. The average Bonchev–Trinajstić information content (AvgIpc) is 1.56. The fourth-order valence-electron chi connectivity index (χ4n) is 20.0. The Morgan fingerprint density at radius 2 is 0.406 bits per heavy atom. The summed E-state index contributed by atoms with van der Waals surface area (Å²) >= 11 is 0. The van der Waals surface area contributed by atoms with Crippen molar-refractivity contribution in [2.45, 2.75) is 38.5 Å². The highest BCUT2D eigenvalue weighted by molar-refractivity contribution is 6.11. The number of rotatable bonds is 15. The summed E-state index contributed by atoms with van der Waals surface area (Å²) in [6.07, 6.45) is 0. The first-order valence-corrected chi connectivity index (χ1v) is 44.3. The Morgan fingerprint density at radius 1 is 0.164 bits per heavy atom. The fraction of sp³-hybridized carbons (Fsp3) is 0.0484. The third-order valence-electron chi connectivity index (χ3n) is 26.8. The second-order valence-corrected chi connectivity index (χ2v) is 35.0. The average molecular weight is 1640 g/mol. The van der Waals surface area contributed by atoms with Crippen molar-refractivity contribution in [1.82, 2.24) is 0 Å². The zero-order chi connectivity index (χ0) is 85.6. The smallest absolute Gasteiger partial charge is 0.143 e. The third-order valence-corrected chi connectivity index (χ3v) is 26.8. The highest BCUT2D eigenvalue weighted by atomic mass is 16.3. The predicted octanol–water partition coefficient (Wildman–Crippen LogP) is 34.9. The SMILES string of the molecule is CC1(C)c2cc(-c3ccccc3)ccc2-c2ccc(N(c3ccc(-c4ccc(-c5cccc6c5oc5ccccc56)cc4)cc3)c3ccc4c(c3)C(C)(C)c3cc(-c5ccccc5)ccc3-4)cc21.c1ccc(-c2ccc(-c3ccc(N(c4ccc(-c5ccc(-c6cccc7c6oc6ccccc67)cc5)cc4)c4ccc(-c5cccc6ccccc56)cc4)cc3)cc2)cc1. The first kappa shape index (κ1) is 76.7. The van der Waals surface area contributed by atoms with E-state index in [9.17, 15) is 0 Å². The van der Waals surface area contributed by atoms with E-state index >= 15 is 0 Å². The van der Waals surface area contributed by atoms with Gasteiger partial charge in [0.1, 0.15) is 22.3 Å². The van der Waals surface area contributed by atoms with Crippen LogP contribution in [-0.2, 0) is 10.8 Å². The first-order chi connectivity index (χ1) is 62.9. The van der Waals surface area contributed by atoms with Crippen molar-refractivity contribution in [3.05, 3.63) is 483 Å². The minimum atomic E-state index is -0.193. The van der Waals surface area contributed by atoms with E-state index in [-0.39, 0.29) is 10.8 Å². The molecule has 0 fully saturated rings. The molecule has 2 aromatic heterocycles. The number of nitrogens with zero attached hydrogens (tertiary/aromatic N) is 2. The van der Waals surface area contributed by atoms with Crippen molar-refractivity contribution in [2.75, 3.05) is 9.80 Å². The normalized spacial score (nSPS) is 12.7. The molecule has 0 spiro atoms. The van der Waals surface area contributed by atoms with E-state index in [0.29, 0.717) is 0 Å². The number of benzene rings is 20. The van der Waals surface area contributed by atoms with Gasteiger partial charge >= 0.3 is 0 Å². The molecule has 2 aliphatic carbocycles. The van der Waals surface area contributed by atoms with Gasteiger partial charge in [0, 0.05) is 77.6 Å². The van der Waals surface area contributed by atoms with E-state index in [0.717, 1.165) is 111 Å². The molecule has 24 rings (SSSR count). The van der Waals surface area contributed by atoms with Gasteiger partial charge in [-0.2, -0.15) is 0 Å². The Balaban J connectivity index is 0.000000148. The molecule has 4 nitrogen and oxygen atoms in total. The van der Waals surface area contributed by atoms with Crippen LogP contribution in [0.3, 0.4) is 0 Å². The van der Waals surface area contributed by atoms with E-state index in [4.69, 9.17) is 8.83 Å². The fourth-order valence-corrected chi connectivity index (χ4v) is 20.0. The molecular formula is C124H88N2O2. The van der Waals surface area contributed by atoms with Gasteiger partial charge in [-0.25, -0.2) is 0 Å². The Hall–Kier alpha value is -16.1. The minimum absolute atomic E-state index is 0.193. The van der Waals surface area contributed by atoms with E-state index in [1.165, 1.54) is 122 Å². The molecule has 0 amide bonds. The van der Waals surface area contributed by atoms with Gasteiger partial charge in [-0.05, 0) is 241 Å². The highest BCUT2D eigenvalue weighted by Crippen LogP contribution is 2.55. The maximum absolute atomic E-state index is 6.40. The molecule has 2 aliphatic rings. The van der Waals surface area contributed by atoms with Crippen molar-refractivity contribution < 1.29 is 8.83 Å². The monoisotopic (exact) mass is 1640 g/mol. The first-order valence-electron chi connectivity index (χ1n) is 44.3. The quantitative estimate of drug-likeness (QED) is 0.102. The summed E-state index contributed by atoms with van der Waals surface area (Å²) in [5, 5.41) is 7.08. The zero-order valence-corrected chi connectivity index (χ0v) is 71.6. The maximum atomic E-state index is 6.40. The van der Waals surface area contributed by atoms with Crippen molar-refractivity contribution in [3.63, 3.8) is 0 Å². The van der Waals surface area contributed by atoms with Gasteiger partial charge in [0.15, 0.2) is 0 Å². The summed E-state index contributed by atoms with van der Waals surface area (Å²) in [6.45, 7) is 9.54. The van der Waals surface area contributed by atoms with Crippen LogP contribution in [0.1, 0.15) is 49.9 Å². The Bertz CT molecular complexity index is 7810. The van der Waals surface area contributed by atoms with Crippen molar-refractivity contribution in [2.24, 2.45) is 0 Å². The molecule has 0 aliphatic heterocycles. The van der Waals surface area contributed by atoms with Crippen LogP contribution in [0, 0.1) is 0 Å². The molecule has 606 valence electrons. The summed E-state index contributed by atoms with van der Waals surface area (Å²) in [5.74, 6) is 0. The molecule has 20 aromatic carbocycles. The largest absolute Gasteiger partial charge is 0.455 e. The minimum Gasteiger partial charge on any atom is -0.455 e. The Labute approximate surface area is 746 Å². The number of hydrogen-bond acceptors (Lipinski definition) is 4. The molecule has 0 atom stereocenters. The predicted molar refractivity (Wildman–Crippen MR) is 538 cm³/mol. The van der Waals surface area contributed by atoms with Crippen LogP contribution >= 0.6 is 0 Å². The van der Waals surface area contributed by atoms with Gasteiger partial charge < -0.3 is 18.6 Å². The van der Waals surface area contributed by atoms with Crippen LogP contribution in [0.2, 0.25) is 0 Å². The summed E-state index contributed by atoms with van der Waals surface area (Å²) in [7, 11) is 0. The molecule has 22 aromatic rings. The number of anilines is 6. The summed E-state index contributed by atoms with van der Waals surface area (Å²) < 4.78 is 12.8. The number of hydrogen-bond donors (Lipinski definition) is 0. The summed E-state index contributed by atoms with van der Waals surface area (Å²) in [5.41, 5.74) is 42.0. The summed E-state index contributed by atoms with van der Waals surface area (Å²) in [6, 6.07) is 167. The van der Waals surface area contributed by atoms with E-state index in [1.807, 2.05) is 24.3 Å². The summed E-state index contributed by atoms with van der Waals surface area (Å²) in [4.78, 5) is 4.81. The van der Waals surface area contributed by atoms with Crippen molar-refractivity contribution >= 4 is 88.8 Å². The highest BCUT2D eigenvalue weighted by Gasteiger charge is 2.39. The molecule has 0 radical (unpaired) electrons.